The van der Waals surface area contributed by atoms with Gasteiger partial charge in [-0.1, -0.05) is 0 Å². The maximum absolute atomic E-state index is 12.0. The molecule has 2 aromatic heterocycles. The SMILES string of the molecule is Cc1cc(C)c(NC(=O)CCNC(=O)c2ccsc2)c(C)n1. The van der Waals surface area contributed by atoms with Crippen LogP contribution in [0.4, 0.5) is 5.69 Å². The average molecular weight is 317 g/mol. The van der Waals surface area contributed by atoms with Gasteiger partial charge in [0.1, 0.15) is 0 Å². The Morgan fingerprint density at radius 1 is 1.27 bits per heavy atom. The highest BCUT2D eigenvalue weighted by atomic mass is 32.1. The van der Waals surface area contributed by atoms with Crippen molar-refractivity contribution in [2.75, 3.05) is 11.9 Å². The third-order valence-electron chi connectivity index (χ3n) is 3.21. The number of amides is 2. The number of aryl methyl sites for hydroxylation is 3. The van der Waals surface area contributed by atoms with E-state index in [-0.39, 0.29) is 18.2 Å². The van der Waals surface area contributed by atoms with E-state index in [1.807, 2.05) is 32.2 Å². The summed E-state index contributed by atoms with van der Waals surface area (Å²) < 4.78 is 0. The zero-order valence-electron chi connectivity index (χ0n) is 12.9. The van der Waals surface area contributed by atoms with Crippen molar-refractivity contribution in [1.29, 1.82) is 0 Å². The fourth-order valence-electron chi connectivity index (χ4n) is 2.20. The molecule has 0 unspecified atom stereocenters. The molecule has 2 aromatic rings. The molecule has 0 spiro atoms. The summed E-state index contributed by atoms with van der Waals surface area (Å²) in [6.07, 6.45) is 0.225. The van der Waals surface area contributed by atoms with Crippen molar-refractivity contribution in [3.8, 4) is 0 Å². The van der Waals surface area contributed by atoms with Gasteiger partial charge >= 0.3 is 0 Å². The molecule has 0 aliphatic carbocycles. The summed E-state index contributed by atoms with van der Waals surface area (Å²) in [5.41, 5.74) is 4.09. The molecule has 0 atom stereocenters. The number of pyridine rings is 1. The highest BCUT2D eigenvalue weighted by Crippen LogP contribution is 2.19. The van der Waals surface area contributed by atoms with Crippen molar-refractivity contribution < 1.29 is 9.59 Å². The maximum atomic E-state index is 12.0. The van der Waals surface area contributed by atoms with Gasteiger partial charge in [0.15, 0.2) is 0 Å². The van der Waals surface area contributed by atoms with E-state index in [0.717, 1.165) is 22.6 Å². The van der Waals surface area contributed by atoms with Crippen molar-refractivity contribution in [2.24, 2.45) is 0 Å². The third-order valence-corrected chi connectivity index (χ3v) is 3.89. The fraction of sp³-hybridized carbons (Fsp3) is 0.312. The zero-order chi connectivity index (χ0) is 16.1. The van der Waals surface area contributed by atoms with Gasteiger partial charge in [-0.25, -0.2) is 0 Å². The minimum absolute atomic E-state index is 0.137. The molecule has 5 nitrogen and oxygen atoms in total. The molecule has 2 amide bonds. The van der Waals surface area contributed by atoms with E-state index in [4.69, 9.17) is 0 Å². The van der Waals surface area contributed by atoms with Gasteiger partial charge in [0.25, 0.3) is 5.91 Å². The van der Waals surface area contributed by atoms with Crippen LogP contribution in [-0.2, 0) is 4.79 Å². The number of rotatable bonds is 5. The van der Waals surface area contributed by atoms with E-state index in [1.54, 1.807) is 11.4 Å². The number of anilines is 1. The summed E-state index contributed by atoms with van der Waals surface area (Å²) in [5.74, 6) is -0.291. The van der Waals surface area contributed by atoms with Crippen molar-refractivity contribution in [3.05, 3.63) is 45.4 Å². The van der Waals surface area contributed by atoms with Crippen molar-refractivity contribution in [1.82, 2.24) is 10.3 Å². The standard InChI is InChI=1S/C16H19N3O2S/c1-10-8-11(2)18-12(3)15(10)19-14(20)4-6-17-16(21)13-5-7-22-9-13/h5,7-9H,4,6H2,1-3H3,(H,17,21)(H,19,20). The maximum Gasteiger partial charge on any atom is 0.252 e. The number of aromatic nitrogens is 1. The number of carbonyl (C=O) groups excluding carboxylic acids is 2. The smallest absolute Gasteiger partial charge is 0.252 e. The van der Waals surface area contributed by atoms with Gasteiger partial charge in [0, 0.05) is 29.6 Å². The largest absolute Gasteiger partial charge is 0.351 e. The van der Waals surface area contributed by atoms with Crippen LogP contribution < -0.4 is 10.6 Å². The molecule has 2 rings (SSSR count). The van der Waals surface area contributed by atoms with Crippen LogP contribution in [0, 0.1) is 20.8 Å². The molecule has 2 N–H and O–H groups in total. The van der Waals surface area contributed by atoms with Crippen LogP contribution in [-0.4, -0.2) is 23.3 Å². The van der Waals surface area contributed by atoms with Gasteiger partial charge in [0.05, 0.1) is 11.4 Å². The second-order valence-corrected chi connectivity index (χ2v) is 5.89. The van der Waals surface area contributed by atoms with Crippen molar-refractivity contribution in [2.45, 2.75) is 27.2 Å². The Hall–Kier alpha value is -2.21. The number of hydrogen-bond acceptors (Lipinski definition) is 4. The molecule has 0 aromatic carbocycles. The summed E-state index contributed by atoms with van der Waals surface area (Å²) >= 11 is 1.47. The van der Waals surface area contributed by atoms with E-state index >= 15 is 0 Å². The molecule has 0 aliphatic heterocycles. The van der Waals surface area contributed by atoms with Crippen LogP contribution in [0.25, 0.3) is 0 Å². The Balaban J connectivity index is 1.85. The number of nitrogens with zero attached hydrogens (tertiary/aromatic N) is 1. The molecule has 22 heavy (non-hydrogen) atoms. The lowest BCUT2D eigenvalue weighted by Crippen LogP contribution is -2.27. The lowest BCUT2D eigenvalue weighted by atomic mass is 10.1. The van der Waals surface area contributed by atoms with Crippen LogP contribution in [0.15, 0.2) is 22.9 Å². The van der Waals surface area contributed by atoms with Crippen LogP contribution in [0.5, 0.6) is 0 Å². The summed E-state index contributed by atoms with van der Waals surface area (Å²) in [6.45, 7) is 6.03. The molecule has 0 bridgehead atoms. The van der Waals surface area contributed by atoms with E-state index < -0.39 is 0 Å². The Kier molecular flexibility index (Phi) is 5.27. The first-order valence-corrected chi connectivity index (χ1v) is 7.96. The molecule has 0 aliphatic rings. The second-order valence-electron chi connectivity index (χ2n) is 5.11. The number of nitrogens with one attached hydrogen (secondary N) is 2. The van der Waals surface area contributed by atoms with E-state index in [2.05, 4.69) is 15.6 Å². The fourth-order valence-corrected chi connectivity index (χ4v) is 2.84. The van der Waals surface area contributed by atoms with Crippen molar-refractivity contribution >= 4 is 28.8 Å². The lowest BCUT2D eigenvalue weighted by Gasteiger charge is -2.12. The molecule has 0 saturated heterocycles. The monoisotopic (exact) mass is 317 g/mol. The predicted molar refractivity (Wildman–Crippen MR) is 88.3 cm³/mol. The van der Waals surface area contributed by atoms with Crippen molar-refractivity contribution in [3.63, 3.8) is 0 Å². The van der Waals surface area contributed by atoms with Gasteiger partial charge < -0.3 is 10.6 Å². The van der Waals surface area contributed by atoms with Crippen LogP contribution in [0.1, 0.15) is 33.7 Å². The number of thiophene rings is 1. The normalized spacial score (nSPS) is 10.3. The highest BCUT2D eigenvalue weighted by Gasteiger charge is 2.10. The Labute approximate surface area is 133 Å². The van der Waals surface area contributed by atoms with E-state index in [1.165, 1.54) is 11.3 Å². The second kappa shape index (κ2) is 7.17. The summed E-state index contributed by atoms with van der Waals surface area (Å²) in [6, 6.07) is 3.69. The first-order valence-electron chi connectivity index (χ1n) is 7.02. The van der Waals surface area contributed by atoms with Crippen LogP contribution >= 0.6 is 11.3 Å². The molecule has 0 radical (unpaired) electrons. The summed E-state index contributed by atoms with van der Waals surface area (Å²) in [5, 5.41) is 9.22. The first-order chi connectivity index (χ1) is 10.5. The Morgan fingerprint density at radius 3 is 2.68 bits per heavy atom. The van der Waals surface area contributed by atoms with Gasteiger partial charge in [-0.15, -0.1) is 0 Å². The molecule has 116 valence electrons. The van der Waals surface area contributed by atoms with Crippen LogP contribution in [0.2, 0.25) is 0 Å². The Morgan fingerprint density at radius 2 is 2.05 bits per heavy atom. The predicted octanol–water partition coefficient (Wildman–Crippen LogP) is 2.83. The average Bonchev–Trinajstić information content (AvgIpc) is 2.97. The Bertz CT molecular complexity index is 658. The molecule has 0 saturated carbocycles. The zero-order valence-corrected chi connectivity index (χ0v) is 13.7. The minimum Gasteiger partial charge on any atom is -0.351 e. The van der Waals surface area contributed by atoms with E-state index in [9.17, 15) is 9.59 Å². The lowest BCUT2D eigenvalue weighted by molar-refractivity contribution is -0.116. The molecular formula is C16H19N3O2S. The minimum atomic E-state index is -0.154. The molecular weight excluding hydrogens is 298 g/mol. The third kappa shape index (κ3) is 4.14. The summed E-state index contributed by atoms with van der Waals surface area (Å²) in [4.78, 5) is 28.1. The number of carbonyl (C=O) groups is 2. The van der Waals surface area contributed by atoms with Crippen LogP contribution in [0.3, 0.4) is 0 Å². The van der Waals surface area contributed by atoms with E-state index in [0.29, 0.717) is 12.1 Å². The highest BCUT2D eigenvalue weighted by molar-refractivity contribution is 7.08. The van der Waals surface area contributed by atoms with Gasteiger partial charge in [-0.3, -0.25) is 14.6 Å². The van der Waals surface area contributed by atoms with Gasteiger partial charge in [-0.2, -0.15) is 11.3 Å². The number of hydrogen-bond donors (Lipinski definition) is 2. The molecule has 6 heteroatoms. The van der Waals surface area contributed by atoms with Gasteiger partial charge in [-0.05, 0) is 43.8 Å². The van der Waals surface area contributed by atoms with Gasteiger partial charge in [0.2, 0.25) is 5.91 Å². The quantitative estimate of drug-likeness (QED) is 0.891. The molecule has 0 fully saturated rings. The molecule has 2 heterocycles. The summed E-state index contributed by atoms with van der Waals surface area (Å²) in [7, 11) is 0. The first kappa shape index (κ1) is 16.2. The topological polar surface area (TPSA) is 71.1 Å².